The zero-order valence-electron chi connectivity index (χ0n) is 11.0. The summed E-state index contributed by atoms with van der Waals surface area (Å²) in [5, 5.41) is 10.7. The van der Waals surface area contributed by atoms with E-state index < -0.39 is 0 Å². The van der Waals surface area contributed by atoms with E-state index in [4.69, 9.17) is 0 Å². The van der Waals surface area contributed by atoms with Crippen LogP contribution in [0.15, 0.2) is 16.8 Å². The van der Waals surface area contributed by atoms with E-state index in [1.54, 1.807) is 11.3 Å². The fraction of sp³-hybridized carbons (Fsp3) is 0.615. The standard InChI is InChI=1S/C13H21N3OS/c1-3-14-13(17)16-6-4-12(8-16)15-10(2)11-5-7-18-9-11/h5,7,9-10,12,15H,3-4,6,8H2,1-2H3,(H,14,17)/t10-,12-/m1/s1. The van der Waals surface area contributed by atoms with Gasteiger partial charge < -0.3 is 15.5 Å². The molecule has 18 heavy (non-hydrogen) atoms. The van der Waals surface area contributed by atoms with Crippen LogP contribution in [-0.4, -0.2) is 36.6 Å². The molecule has 1 aromatic rings. The predicted octanol–water partition coefficient (Wildman–Crippen LogP) is 2.20. The maximum absolute atomic E-state index is 11.7. The highest BCUT2D eigenvalue weighted by Crippen LogP contribution is 2.18. The molecule has 0 spiro atoms. The molecule has 2 rings (SSSR count). The maximum atomic E-state index is 11.7. The van der Waals surface area contributed by atoms with Gasteiger partial charge in [0, 0.05) is 31.7 Å². The zero-order valence-corrected chi connectivity index (χ0v) is 11.8. The molecule has 1 aliphatic rings. The highest BCUT2D eigenvalue weighted by Gasteiger charge is 2.26. The Labute approximate surface area is 112 Å². The molecule has 0 saturated carbocycles. The Morgan fingerprint density at radius 3 is 3.17 bits per heavy atom. The third kappa shape index (κ3) is 3.23. The van der Waals surface area contributed by atoms with Gasteiger partial charge >= 0.3 is 6.03 Å². The van der Waals surface area contributed by atoms with Gasteiger partial charge in [0.1, 0.15) is 0 Å². The maximum Gasteiger partial charge on any atom is 0.317 e. The van der Waals surface area contributed by atoms with E-state index in [2.05, 4.69) is 34.4 Å². The molecule has 2 atom stereocenters. The van der Waals surface area contributed by atoms with E-state index in [0.29, 0.717) is 18.6 Å². The first-order valence-corrected chi connectivity index (χ1v) is 7.46. The number of nitrogens with one attached hydrogen (secondary N) is 2. The Hall–Kier alpha value is -1.07. The van der Waals surface area contributed by atoms with Crippen molar-refractivity contribution in [3.05, 3.63) is 22.4 Å². The number of hydrogen-bond acceptors (Lipinski definition) is 3. The molecular formula is C13H21N3OS. The van der Waals surface area contributed by atoms with Crippen molar-refractivity contribution < 1.29 is 4.79 Å². The summed E-state index contributed by atoms with van der Waals surface area (Å²) in [5.74, 6) is 0. The minimum Gasteiger partial charge on any atom is -0.338 e. The number of carbonyl (C=O) groups is 1. The normalized spacial score (nSPS) is 21.0. The second-order valence-electron chi connectivity index (χ2n) is 4.71. The van der Waals surface area contributed by atoms with Crippen molar-refractivity contribution >= 4 is 17.4 Å². The molecule has 0 bridgehead atoms. The first-order valence-electron chi connectivity index (χ1n) is 6.51. The van der Waals surface area contributed by atoms with Crippen LogP contribution in [0.25, 0.3) is 0 Å². The quantitative estimate of drug-likeness (QED) is 0.878. The van der Waals surface area contributed by atoms with Crippen molar-refractivity contribution in [2.45, 2.75) is 32.4 Å². The smallest absolute Gasteiger partial charge is 0.317 e. The summed E-state index contributed by atoms with van der Waals surface area (Å²) < 4.78 is 0. The van der Waals surface area contributed by atoms with Gasteiger partial charge in [0.05, 0.1) is 0 Å². The van der Waals surface area contributed by atoms with Crippen LogP contribution in [-0.2, 0) is 0 Å². The Morgan fingerprint density at radius 1 is 1.67 bits per heavy atom. The van der Waals surface area contributed by atoms with Crippen LogP contribution in [0.5, 0.6) is 0 Å². The Kier molecular flexibility index (Phi) is 4.60. The number of nitrogens with zero attached hydrogens (tertiary/aromatic N) is 1. The third-order valence-corrected chi connectivity index (χ3v) is 4.03. The number of urea groups is 1. The van der Waals surface area contributed by atoms with E-state index in [9.17, 15) is 4.79 Å². The lowest BCUT2D eigenvalue weighted by atomic mass is 10.1. The SMILES string of the molecule is CCNC(=O)N1CC[C@@H](N[C@H](C)c2ccsc2)C1. The van der Waals surface area contributed by atoms with E-state index in [1.807, 2.05) is 11.8 Å². The van der Waals surface area contributed by atoms with E-state index >= 15 is 0 Å². The molecule has 5 heteroatoms. The number of thiophene rings is 1. The fourth-order valence-electron chi connectivity index (χ4n) is 2.31. The molecular weight excluding hydrogens is 246 g/mol. The van der Waals surface area contributed by atoms with Gasteiger partial charge in [-0.3, -0.25) is 0 Å². The number of amides is 2. The number of carbonyl (C=O) groups excluding carboxylic acids is 1. The summed E-state index contributed by atoms with van der Waals surface area (Å²) in [7, 11) is 0. The van der Waals surface area contributed by atoms with Gasteiger partial charge in [0.15, 0.2) is 0 Å². The molecule has 1 aromatic heterocycles. The summed E-state index contributed by atoms with van der Waals surface area (Å²) in [4.78, 5) is 13.6. The van der Waals surface area contributed by atoms with E-state index in [-0.39, 0.29) is 6.03 Å². The van der Waals surface area contributed by atoms with Crippen LogP contribution >= 0.6 is 11.3 Å². The molecule has 0 aliphatic carbocycles. The lowest BCUT2D eigenvalue weighted by Crippen LogP contribution is -2.41. The molecule has 1 saturated heterocycles. The number of hydrogen-bond donors (Lipinski definition) is 2. The fourth-order valence-corrected chi connectivity index (χ4v) is 3.07. The van der Waals surface area contributed by atoms with E-state index in [1.165, 1.54) is 5.56 Å². The molecule has 0 radical (unpaired) electrons. The summed E-state index contributed by atoms with van der Waals surface area (Å²) in [6.07, 6.45) is 1.03. The van der Waals surface area contributed by atoms with Crippen molar-refractivity contribution in [2.75, 3.05) is 19.6 Å². The average molecular weight is 267 g/mol. The minimum atomic E-state index is 0.0602. The Bertz CT molecular complexity index is 380. The molecule has 0 aromatic carbocycles. The van der Waals surface area contributed by atoms with Gasteiger partial charge in [0.2, 0.25) is 0 Å². The molecule has 2 amide bonds. The summed E-state index contributed by atoms with van der Waals surface area (Å²) in [6, 6.07) is 2.97. The second-order valence-corrected chi connectivity index (χ2v) is 5.49. The lowest BCUT2D eigenvalue weighted by Gasteiger charge is -2.20. The number of rotatable bonds is 4. The first kappa shape index (κ1) is 13.4. The van der Waals surface area contributed by atoms with Crippen LogP contribution in [0.2, 0.25) is 0 Å². The largest absolute Gasteiger partial charge is 0.338 e. The van der Waals surface area contributed by atoms with Crippen molar-refractivity contribution in [3.8, 4) is 0 Å². The van der Waals surface area contributed by atoms with Gasteiger partial charge in [-0.1, -0.05) is 0 Å². The summed E-state index contributed by atoms with van der Waals surface area (Å²) >= 11 is 1.72. The lowest BCUT2D eigenvalue weighted by molar-refractivity contribution is 0.208. The topological polar surface area (TPSA) is 44.4 Å². The summed E-state index contributed by atoms with van der Waals surface area (Å²) in [5.41, 5.74) is 1.33. The molecule has 1 fully saturated rings. The van der Waals surface area contributed by atoms with Gasteiger partial charge in [0.25, 0.3) is 0 Å². The molecule has 4 nitrogen and oxygen atoms in total. The van der Waals surface area contributed by atoms with Crippen LogP contribution in [0, 0.1) is 0 Å². The second kappa shape index (κ2) is 6.20. The van der Waals surface area contributed by atoms with Crippen LogP contribution in [0.3, 0.4) is 0 Å². The van der Waals surface area contributed by atoms with Gasteiger partial charge in [-0.05, 0) is 42.7 Å². The van der Waals surface area contributed by atoms with Crippen molar-refractivity contribution in [1.29, 1.82) is 0 Å². The van der Waals surface area contributed by atoms with Crippen LogP contribution in [0.1, 0.15) is 31.9 Å². The highest BCUT2D eigenvalue weighted by atomic mass is 32.1. The number of likely N-dealkylation sites (tertiary alicyclic amines) is 1. The van der Waals surface area contributed by atoms with Crippen molar-refractivity contribution in [2.24, 2.45) is 0 Å². The molecule has 0 unspecified atom stereocenters. The van der Waals surface area contributed by atoms with Gasteiger partial charge in [-0.25, -0.2) is 4.79 Å². The average Bonchev–Trinajstić information content (AvgIpc) is 2.99. The first-order chi connectivity index (χ1) is 8.70. The van der Waals surface area contributed by atoms with Crippen LogP contribution in [0.4, 0.5) is 4.79 Å². The van der Waals surface area contributed by atoms with Gasteiger partial charge in [-0.2, -0.15) is 11.3 Å². The van der Waals surface area contributed by atoms with Crippen molar-refractivity contribution in [3.63, 3.8) is 0 Å². The van der Waals surface area contributed by atoms with Crippen LogP contribution < -0.4 is 10.6 Å². The van der Waals surface area contributed by atoms with E-state index in [0.717, 1.165) is 19.5 Å². The summed E-state index contributed by atoms with van der Waals surface area (Å²) in [6.45, 7) is 6.47. The molecule has 2 heterocycles. The molecule has 100 valence electrons. The zero-order chi connectivity index (χ0) is 13.0. The molecule has 2 N–H and O–H groups in total. The molecule has 1 aliphatic heterocycles. The third-order valence-electron chi connectivity index (χ3n) is 3.33. The predicted molar refractivity (Wildman–Crippen MR) is 74.9 cm³/mol. The Morgan fingerprint density at radius 2 is 2.50 bits per heavy atom. The Balaban J connectivity index is 1.81. The van der Waals surface area contributed by atoms with Gasteiger partial charge in [-0.15, -0.1) is 0 Å². The monoisotopic (exact) mass is 267 g/mol. The minimum absolute atomic E-state index is 0.0602. The van der Waals surface area contributed by atoms with Crippen molar-refractivity contribution in [1.82, 2.24) is 15.5 Å². The highest BCUT2D eigenvalue weighted by molar-refractivity contribution is 7.07.